The van der Waals surface area contributed by atoms with Crippen molar-refractivity contribution in [3.05, 3.63) is 128 Å². The van der Waals surface area contributed by atoms with Gasteiger partial charge in [-0.2, -0.15) is 0 Å². The van der Waals surface area contributed by atoms with Crippen LogP contribution >= 0.6 is 34.5 Å². The molecule has 7 rings (SSSR count). The van der Waals surface area contributed by atoms with Crippen molar-refractivity contribution >= 4 is 58.2 Å². The van der Waals surface area contributed by atoms with Crippen LogP contribution < -0.4 is 21.3 Å². The van der Waals surface area contributed by atoms with Gasteiger partial charge in [-0.3, -0.25) is 29.0 Å². The Hall–Kier alpha value is -4.26. The van der Waals surface area contributed by atoms with Crippen LogP contribution in [0.5, 0.6) is 0 Å². The number of nitrogens with one attached hydrogen (secondary N) is 4. The molecule has 350 valence electrons. The van der Waals surface area contributed by atoms with Crippen molar-refractivity contribution in [1.82, 2.24) is 31.1 Å². The Bertz CT molecular complexity index is 2140. The van der Waals surface area contributed by atoms with E-state index in [4.69, 9.17) is 23.2 Å². The Morgan fingerprint density at radius 3 is 1.75 bits per heavy atom. The minimum absolute atomic E-state index is 0.0106. The third-order valence-corrected chi connectivity index (χ3v) is 15.6. The van der Waals surface area contributed by atoms with Crippen LogP contribution in [0.15, 0.2) is 96.4 Å². The maximum atomic E-state index is 12.4. The average Bonchev–Trinajstić information content (AvgIpc) is 3.83. The minimum atomic E-state index is -0.121. The predicted molar refractivity (Wildman–Crippen MR) is 264 cm³/mol. The summed E-state index contributed by atoms with van der Waals surface area (Å²) in [6, 6.07) is 31.4. The zero-order valence-corrected chi connectivity index (χ0v) is 40.9. The average molecular weight is 944 g/mol. The number of hydrogen-bond acceptors (Lipinski definition) is 7. The summed E-state index contributed by atoms with van der Waals surface area (Å²) in [4.78, 5) is 55.3. The first-order valence-electron chi connectivity index (χ1n) is 23.4. The lowest BCUT2D eigenvalue weighted by Gasteiger charge is -2.45. The van der Waals surface area contributed by atoms with Crippen LogP contribution in [0.25, 0.3) is 0 Å². The SMILES string of the molecule is CN(C)C1(c2ccccc2)CCC(NC(=O)CCC(=O)NCCc2ccc(Cl)c(Cl)c2)CC1.CN(C)C1(c2cccs2)CCC(NC(=O)CCCC(=O)NC2CC2c2ccccc2)CC1. The molecule has 2 atom stereocenters. The second-order valence-electron chi connectivity index (χ2n) is 18.5. The summed E-state index contributed by atoms with van der Waals surface area (Å²) in [5.41, 5.74) is 3.73. The molecular formula is C52H68Cl2N6O4S. The number of hydrogen-bond donors (Lipinski definition) is 4. The molecule has 1 aromatic heterocycles. The molecule has 3 aromatic carbocycles. The number of carbonyl (C=O) groups is 4. The highest BCUT2D eigenvalue weighted by Crippen LogP contribution is 2.44. The lowest BCUT2D eigenvalue weighted by molar-refractivity contribution is -0.127. The molecule has 3 saturated carbocycles. The van der Waals surface area contributed by atoms with Crippen molar-refractivity contribution in [3.8, 4) is 0 Å². The Labute approximate surface area is 400 Å². The highest BCUT2D eigenvalue weighted by molar-refractivity contribution is 7.10. The standard InChI is InChI=1S/C26H33Cl2N3O2.C26H35N3O2S/c1-31(2)26(20-6-4-3-5-7-20)15-12-21(13-16-26)30-25(33)11-10-24(32)29-17-14-19-8-9-22(27)23(28)18-19;1-29(2)26(23-10-7-17-32-23)15-13-20(14-16-26)27-24(30)11-6-12-25(31)28-22-18-21(22)19-8-4-3-5-9-19/h3-9,18,21H,10-17H2,1-2H3,(H,29,32)(H,30,33);3-5,7-10,17,20-22H,6,11-16,18H2,1-2H3,(H,27,30)(H,28,31). The van der Waals surface area contributed by atoms with Gasteiger partial charge >= 0.3 is 0 Å². The smallest absolute Gasteiger partial charge is 0.220 e. The predicted octanol–water partition coefficient (Wildman–Crippen LogP) is 9.35. The van der Waals surface area contributed by atoms with Gasteiger partial charge in [0.2, 0.25) is 23.6 Å². The Morgan fingerprint density at radius 2 is 1.18 bits per heavy atom. The van der Waals surface area contributed by atoms with Gasteiger partial charge in [0.05, 0.1) is 15.6 Å². The van der Waals surface area contributed by atoms with Gasteiger partial charge < -0.3 is 21.3 Å². The third-order valence-electron chi connectivity index (χ3n) is 13.8. The van der Waals surface area contributed by atoms with E-state index in [9.17, 15) is 19.2 Å². The quantitative estimate of drug-likeness (QED) is 0.0789. The van der Waals surface area contributed by atoms with Crippen molar-refractivity contribution < 1.29 is 19.2 Å². The van der Waals surface area contributed by atoms with Gasteiger partial charge in [-0.15, -0.1) is 11.3 Å². The van der Waals surface area contributed by atoms with Crippen molar-refractivity contribution in [1.29, 1.82) is 0 Å². The van der Waals surface area contributed by atoms with Crippen LogP contribution in [0.2, 0.25) is 10.0 Å². The Balaban J connectivity index is 0.000000215. The summed E-state index contributed by atoms with van der Waals surface area (Å²) >= 11 is 13.8. The van der Waals surface area contributed by atoms with E-state index in [0.29, 0.717) is 48.2 Å². The monoisotopic (exact) mass is 942 g/mol. The second-order valence-corrected chi connectivity index (χ2v) is 20.3. The van der Waals surface area contributed by atoms with Crippen LogP contribution in [0.4, 0.5) is 0 Å². The van der Waals surface area contributed by atoms with Gasteiger partial charge in [0.25, 0.3) is 0 Å². The third kappa shape index (κ3) is 14.1. The molecule has 0 radical (unpaired) electrons. The summed E-state index contributed by atoms with van der Waals surface area (Å²) in [6.07, 6.45) is 11.4. The van der Waals surface area contributed by atoms with Gasteiger partial charge in [0.1, 0.15) is 0 Å². The van der Waals surface area contributed by atoms with Crippen LogP contribution in [-0.2, 0) is 36.7 Å². The van der Waals surface area contributed by atoms with Crippen molar-refractivity contribution in [2.24, 2.45) is 0 Å². The first kappa shape index (κ1) is 50.2. The van der Waals surface area contributed by atoms with Crippen LogP contribution in [0.1, 0.15) is 117 Å². The van der Waals surface area contributed by atoms with Gasteiger partial charge in [0, 0.05) is 66.7 Å². The van der Waals surface area contributed by atoms with E-state index >= 15 is 0 Å². The molecule has 0 aliphatic heterocycles. The molecule has 3 aliphatic rings. The molecule has 2 unspecified atom stereocenters. The first-order valence-corrected chi connectivity index (χ1v) is 25.0. The molecule has 13 heteroatoms. The molecule has 3 aliphatic carbocycles. The minimum Gasteiger partial charge on any atom is -0.356 e. The van der Waals surface area contributed by atoms with Crippen LogP contribution in [0.3, 0.4) is 0 Å². The van der Waals surface area contributed by atoms with Gasteiger partial charge in [-0.25, -0.2) is 0 Å². The van der Waals surface area contributed by atoms with Crippen molar-refractivity contribution in [2.75, 3.05) is 34.7 Å². The number of nitrogens with zero attached hydrogens (tertiary/aromatic N) is 2. The first-order chi connectivity index (χ1) is 31.3. The normalized spacial score (nSPS) is 23.8. The van der Waals surface area contributed by atoms with E-state index in [0.717, 1.165) is 63.4 Å². The Kier molecular flexibility index (Phi) is 18.5. The number of carbonyl (C=O) groups excluding carboxylic acids is 4. The maximum absolute atomic E-state index is 12.4. The van der Waals surface area contributed by atoms with E-state index in [2.05, 4.69) is 113 Å². The van der Waals surface area contributed by atoms with E-state index < -0.39 is 0 Å². The molecule has 65 heavy (non-hydrogen) atoms. The van der Waals surface area contributed by atoms with Gasteiger partial charge in [-0.05, 0) is 139 Å². The zero-order chi connectivity index (χ0) is 46.4. The van der Waals surface area contributed by atoms with Gasteiger partial charge in [0.15, 0.2) is 0 Å². The number of halogens is 2. The van der Waals surface area contributed by atoms with Crippen molar-refractivity contribution in [3.63, 3.8) is 0 Å². The summed E-state index contributed by atoms with van der Waals surface area (Å²) in [5, 5.41) is 15.5. The number of benzene rings is 3. The van der Waals surface area contributed by atoms with Crippen LogP contribution in [0, 0.1) is 0 Å². The molecule has 10 nitrogen and oxygen atoms in total. The Morgan fingerprint density at radius 1 is 0.631 bits per heavy atom. The number of amides is 4. The maximum Gasteiger partial charge on any atom is 0.220 e. The highest BCUT2D eigenvalue weighted by atomic mass is 35.5. The summed E-state index contributed by atoms with van der Waals surface area (Å²) in [6.45, 7) is 0.493. The molecular weight excluding hydrogens is 876 g/mol. The number of rotatable bonds is 18. The molecule has 4 amide bonds. The fourth-order valence-corrected chi connectivity index (χ4v) is 11.1. The lowest BCUT2D eigenvalue weighted by atomic mass is 9.74. The fourth-order valence-electron chi connectivity index (χ4n) is 9.75. The highest BCUT2D eigenvalue weighted by Gasteiger charge is 2.41. The largest absolute Gasteiger partial charge is 0.356 e. The molecule has 4 aromatic rings. The molecule has 0 saturated heterocycles. The van der Waals surface area contributed by atoms with Crippen LogP contribution in [-0.4, -0.2) is 86.3 Å². The van der Waals surface area contributed by atoms with E-state index in [1.54, 1.807) is 12.1 Å². The molecule has 4 N–H and O–H groups in total. The van der Waals surface area contributed by atoms with E-state index in [1.165, 1.54) is 16.0 Å². The topological polar surface area (TPSA) is 123 Å². The van der Waals surface area contributed by atoms with E-state index in [1.807, 2.05) is 41.7 Å². The zero-order valence-electron chi connectivity index (χ0n) is 38.6. The van der Waals surface area contributed by atoms with Crippen molar-refractivity contribution in [2.45, 2.75) is 131 Å². The summed E-state index contributed by atoms with van der Waals surface area (Å²) in [5.74, 6) is 0.398. The number of thiophene rings is 1. The summed E-state index contributed by atoms with van der Waals surface area (Å²) < 4.78 is 0. The molecule has 0 bridgehead atoms. The molecule has 0 spiro atoms. The van der Waals surface area contributed by atoms with E-state index in [-0.39, 0.29) is 65.7 Å². The van der Waals surface area contributed by atoms with Gasteiger partial charge in [-0.1, -0.05) is 96.0 Å². The molecule has 3 fully saturated rings. The fraction of sp³-hybridized carbons (Fsp3) is 0.500. The second kappa shape index (κ2) is 24.0. The summed E-state index contributed by atoms with van der Waals surface area (Å²) in [7, 11) is 8.58. The lowest BCUT2D eigenvalue weighted by Crippen LogP contribution is -2.48. The molecule has 1 heterocycles.